The Morgan fingerprint density at radius 1 is 1.27 bits per heavy atom. The Bertz CT molecular complexity index is 894. The number of nitrogens with one attached hydrogen (secondary N) is 1. The number of carbonyl (C=O) groups excluding carboxylic acids is 1. The summed E-state index contributed by atoms with van der Waals surface area (Å²) in [6.07, 6.45) is 2.44. The largest absolute Gasteiger partial charge is 0.374 e. The van der Waals surface area contributed by atoms with Crippen molar-refractivity contribution in [2.24, 2.45) is 5.92 Å². The number of benzene rings is 1. The zero-order valence-corrected chi connectivity index (χ0v) is 15.6. The number of hydrogen-bond donors (Lipinski definition) is 1. The number of hydrogen-bond acceptors (Lipinski definition) is 6. The number of morpholine rings is 1. The topological polar surface area (TPSA) is 88.6 Å². The van der Waals surface area contributed by atoms with Gasteiger partial charge in [-0.15, -0.1) is 11.3 Å². The Balaban J connectivity index is 1.45. The molecular formula is C17H19N3O4S2. The molecule has 1 aromatic carbocycles. The van der Waals surface area contributed by atoms with E-state index in [0.717, 1.165) is 24.2 Å². The summed E-state index contributed by atoms with van der Waals surface area (Å²) in [7, 11) is -3.71. The van der Waals surface area contributed by atoms with Crippen molar-refractivity contribution in [3.05, 3.63) is 41.4 Å². The maximum atomic E-state index is 12.7. The van der Waals surface area contributed by atoms with Crippen LogP contribution in [0.1, 0.15) is 23.3 Å². The lowest BCUT2D eigenvalue weighted by atomic mass is 10.2. The van der Waals surface area contributed by atoms with Crippen LogP contribution in [0.2, 0.25) is 0 Å². The Labute approximate surface area is 156 Å². The van der Waals surface area contributed by atoms with E-state index in [4.69, 9.17) is 4.74 Å². The van der Waals surface area contributed by atoms with E-state index < -0.39 is 10.0 Å². The van der Waals surface area contributed by atoms with Crippen LogP contribution in [-0.4, -0.2) is 50.0 Å². The minimum absolute atomic E-state index is 0.113. The second-order valence-electron chi connectivity index (χ2n) is 6.45. The van der Waals surface area contributed by atoms with Gasteiger partial charge in [-0.25, -0.2) is 13.4 Å². The molecule has 9 heteroatoms. The van der Waals surface area contributed by atoms with Crippen molar-refractivity contribution in [3.8, 4) is 0 Å². The van der Waals surface area contributed by atoms with E-state index in [1.807, 2.05) is 0 Å². The van der Waals surface area contributed by atoms with E-state index in [1.54, 1.807) is 28.5 Å². The number of nitrogens with zero attached hydrogens (tertiary/aromatic N) is 2. The van der Waals surface area contributed by atoms with Gasteiger partial charge in [0.25, 0.3) is 15.9 Å². The molecule has 2 fully saturated rings. The van der Waals surface area contributed by atoms with Gasteiger partial charge in [0.05, 0.1) is 17.6 Å². The highest BCUT2D eigenvalue weighted by atomic mass is 32.2. The Hall–Kier alpha value is -1.97. The normalized spacial score (nSPS) is 20.8. The van der Waals surface area contributed by atoms with E-state index in [-0.39, 0.29) is 27.7 Å². The van der Waals surface area contributed by atoms with Crippen LogP contribution < -0.4 is 4.72 Å². The second kappa shape index (κ2) is 6.98. The van der Waals surface area contributed by atoms with Gasteiger partial charge < -0.3 is 9.64 Å². The predicted octanol–water partition coefficient (Wildman–Crippen LogP) is 2.19. The average Bonchev–Trinajstić information content (AvgIpc) is 3.42. The molecule has 26 heavy (non-hydrogen) atoms. The molecule has 0 bridgehead atoms. The first-order chi connectivity index (χ1) is 12.5. The molecule has 1 amide bonds. The summed E-state index contributed by atoms with van der Waals surface area (Å²) in [5.41, 5.74) is 0.261. The number of thiazole rings is 1. The van der Waals surface area contributed by atoms with Crippen molar-refractivity contribution in [2.45, 2.75) is 23.8 Å². The SMILES string of the molecule is O=C(c1csc(NS(=O)(=O)c2ccccc2)n1)N1CCOC(C2CC2)C1. The summed E-state index contributed by atoms with van der Waals surface area (Å²) in [5, 5.41) is 1.77. The second-order valence-corrected chi connectivity index (χ2v) is 8.99. The van der Waals surface area contributed by atoms with Gasteiger partial charge in [-0.05, 0) is 30.9 Å². The van der Waals surface area contributed by atoms with Gasteiger partial charge in [-0.1, -0.05) is 18.2 Å². The van der Waals surface area contributed by atoms with Crippen LogP contribution in [-0.2, 0) is 14.8 Å². The minimum Gasteiger partial charge on any atom is -0.374 e. The molecule has 1 aliphatic heterocycles. The maximum Gasteiger partial charge on any atom is 0.273 e. The molecule has 1 saturated carbocycles. The first-order valence-electron chi connectivity index (χ1n) is 8.47. The zero-order chi connectivity index (χ0) is 18.1. The highest BCUT2D eigenvalue weighted by Gasteiger charge is 2.37. The van der Waals surface area contributed by atoms with Gasteiger partial charge in [0.15, 0.2) is 5.13 Å². The molecule has 0 radical (unpaired) electrons. The molecule has 2 aromatic rings. The number of ether oxygens (including phenoxy) is 1. The summed E-state index contributed by atoms with van der Waals surface area (Å²) in [6, 6.07) is 8.07. The quantitative estimate of drug-likeness (QED) is 0.841. The molecule has 1 atom stereocenters. The highest BCUT2D eigenvalue weighted by molar-refractivity contribution is 7.93. The third-order valence-corrected chi connectivity index (χ3v) is 6.77. The Morgan fingerprint density at radius 3 is 2.77 bits per heavy atom. The van der Waals surface area contributed by atoms with Gasteiger partial charge in [0.2, 0.25) is 0 Å². The molecule has 1 saturated heterocycles. The van der Waals surface area contributed by atoms with Crippen LogP contribution in [0, 0.1) is 5.92 Å². The standard InChI is InChI=1S/C17H19N3O4S2/c21-16(20-8-9-24-15(10-20)12-6-7-12)14-11-25-17(18-14)19-26(22,23)13-4-2-1-3-5-13/h1-5,11-12,15H,6-10H2,(H,18,19). The van der Waals surface area contributed by atoms with Crippen molar-refractivity contribution in [1.82, 2.24) is 9.88 Å². The minimum atomic E-state index is -3.71. The number of rotatable bonds is 5. The first kappa shape index (κ1) is 17.4. The van der Waals surface area contributed by atoms with Gasteiger partial charge in [-0.3, -0.25) is 9.52 Å². The highest BCUT2D eigenvalue weighted by Crippen LogP contribution is 2.36. The maximum absolute atomic E-state index is 12.7. The zero-order valence-electron chi connectivity index (χ0n) is 14.0. The summed E-state index contributed by atoms with van der Waals surface area (Å²) < 4.78 is 32.9. The third-order valence-electron chi connectivity index (χ3n) is 4.53. The van der Waals surface area contributed by atoms with Crippen molar-refractivity contribution in [3.63, 3.8) is 0 Å². The Morgan fingerprint density at radius 2 is 2.04 bits per heavy atom. The number of amides is 1. The summed E-state index contributed by atoms with van der Waals surface area (Å²) in [5.74, 6) is 0.384. The van der Waals surface area contributed by atoms with Crippen molar-refractivity contribution in [1.29, 1.82) is 0 Å². The molecule has 1 unspecified atom stereocenters. The summed E-state index contributed by atoms with van der Waals surface area (Å²) in [6.45, 7) is 1.64. The molecule has 1 N–H and O–H groups in total. The summed E-state index contributed by atoms with van der Waals surface area (Å²) in [4.78, 5) is 18.8. The van der Waals surface area contributed by atoms with Crippen LogP contribution in [0.15, 0.2) is 40.6 Å². The fraction of sp³-hybridized carbons (Fsp3) is 0.412. The monoisotopic (exact) mass is 393 g/mol. The molecule has 7 nitrogen and oxygen atoms in total. The van der Waals surface area contributed by atoms with Crippen LogP contribution in [0.4, 0.5) is 5.13 Å². The molecule has 4 rings (SSSR count). The fourth-order valence-electron chi connectivity index (χ4n) is 2.97. The van der Waals surface area contributed by atoms with E-state index in [9.17, 15) is 13.2 Å². The third kappa shape index (κ3) is 3.74. The van der Waals surface area contributed by atoms with Crippen molar-refractivity contribution < 1.29 is 17.9 Å². The fourth-order valence-corrected chi connectivity index (χ4v) is 4.93. The molecular weight excluding hydrogens is 374 g/mol. The van der Waals surface area contributed by atoms with E-state index in [1.165, 1.54) is 12.1 Å². The van der Waals surface area contributed by atoms with Crippen LogP contribution in [0.25, 0.3) is 0 Å². The molecule has 2 heterocycles. The smallest absolute Gasteiger partial charge is 0.273 e. The molecule has 1 aromatic heterocycles. The van der Waals surface area contributed by atoms with Crippen LogP contribution in [0.3, 0.4) is 0 Å². The summed E-state index contributed by atoms with van der Waals surface area (Å²) >= 11 is 1.10. The van der Waals surface area contributed by atoms with Crippen molar-refractivity contribution >= 4 is 32.4 Å². The van der Waals surface area contributed by atoms with Crippen LogP contribution >= 0.6 is 11.3 Å². The van der Waals surface area contributed by atoms with Gasteiger partial charge in [0.1, 0.15) is 5.69 Å². The van der Waals surface area contributed by atoms with Gasteiger partial charge >= 0.3 is 0 Å². The Kier molecular flexibility index (Phi) is 4.68. The van der Waals surface area contributed by atoms with E-state index in [0.29, 0.717) is 25.6 Å². The van der Waals surface area contributed by atoms with Crippen LogP contribution in [0.5, 0.6) is 0 Å². The number of aromatic nitrogens is 1. The predicted molar refractivity (Wildman–Crippen MR) is 97.7 cm³/mol. The van der Waals surface area contributed by atoms with Crippen molar-refractivity contribution in [2.75, 3.05) is 24.4 Å². The van der Waals surface area contributed by atoms with Gasteiger partial charge in [0, 0.05) is 18.5 Å². The molecule has 2 aliphatic rings. The molecule has 1 aliphatic carbocycles. The lowest BCUT2D eigenvalue weighted by Gasteiger charge is -2.32. The van der Waals surface area contributed by atoms with E-state index in [2.05, 4.69) is 9.71 Å². The lowest BCUT2D eigenvalue weighted by Crippen LogP contribution is -2.46. The molecule has 0 spiro atoms. The number of carbonyl (C=O) groups is 1. The first-order valence-corrected chi connectivity index (χ1v) is 10.8. The van der Waals surface area contributed by atoms with E-state index >= 15 is 0 Å². The lowest BCUT2D eigenvalue weighted by molar-refractivity contribution is -0.0315. The number of anilines is 1. The van der Waals surface area contributed by atoms with Gasteiger partial charge in [-0.2, -0.15) is 0 Å². The molecule has 138 valence electrons. The average molecular weight is 393 g/mol. The number of sulfonamides is 1.